The van der Waals surface area contributed by atoms with Crippen molar-refractivity contribution in [1.29, 1.82) is 0 Å². The van der Waals surface area contributed by atoms with Crippen molar-refractivity contribution in [2.75, 3.05) is 20.3 Å². The van der Waals surface area contributed by atoms with Gasteiger partial charge in [0.25, 0.3) is 5.56 Å². The number of carbonyl (C=O) groups is 1. The first-order valence-corrected chi connectivity index (χ1v) is 11.1. The predicted octanol–water partition coefficient (Wildman–Crippen LogP) is 3.86. The fourth-order valence-electron chi connectivity index (χ4n) is 4.30. The lowest BCUT2D eigenvalue weighted by Crippen LogP contribution is -2.48. The summed E-state index contributed by atoms with van der Waals surface area (Å²) < 4.78 is 6.88. The van der Waals surface area contributed by atoms with Crippen LogP contribution in [0.2, 0.25) is 0 Å². The Morgan fingerprint density at radius 1 is 1.30 bits per heavy atom. The van der Waals surface area contributed by atoms with Crippen molar-refractivity contribution in [2.24, 2.45) is 0 Å². The molecule has 0 saturated heterocycles. The molecular formula is C23H34N4O3. The van der Waals surface area contributed by atoms with Crippen LogP contribution in [0.25, 0.3) is 10.9 Å². The second kappa shape index (κ2) is 10.6. The molecule has 2 amide bonds. The average Bonchev–Trinajstić information content (AvgIpc) is 2.77. The van der Waals surface area contributed by atoms with Gasteiger partial charge in [-0.05, 0) is 45.2 Å². The minimum Gasteiger partial charge on any atom is -0.385 e. The van der Waals surface area contributed by atoms with Gasteiger partial charge in [-0.15, -0.1) is 0 Å². The summed E-state index contributed by atoms with van der Waals surface area (Å²) in [7, 11) is 1.66. The zero-order valence-electron chi connectivity index (χ0n) is 18.4. The molecule has 1 aromatic heterocycles. The van der Waals surface area contributed by atoms with Gasteiger partial charge in [0.15, 0.2) is 0 Å². The van der Waals surface area contributed by atoms with Gasteiger partial charge >= 0.3 is 6.03 Å². The van der Waals surface area contributed by atoms with Gasteiger partial charge in [0.2, 0.25) is 0 Å². The Morgan fingerprint density at radius 2 is 2.03 bits per heavy atom. The number of nitrogens with zero attached hydrogens (tertiary/aromatic N) is 3. The smallest absolute Gasteiger partial charge is 0.318 e. The second-order valence-corrected chi connectivity index (χ2v) is 8.04. The molecule has 7 nitrogen and oxygen atoms in total. The van der Waals surface area contributed by atoms with E-state index in [9.17, 15) is 9.59 Å². The molecule has 1 fully saturated rings. The highest BCUT2D eigenvalue weighted by atomic mass is 16.5. The van der Waals surface area contributed by atoms with Crippen LogP contribution in [0.5, 0.6) is 0 Å². The number of amides is 2. The monoisotopic (exact) mass is 414 g/mol. The summed E-state index contributed by atoms with van der Waals surface area (Å²) in [6, 6.07) is 7.19. The number of nitrogens with one attached hydrogen (secondary N) is 1. The maximum Gasteiger partial charge on any atom is 0.318 e. The van der Waals surface area contributed by atoms with E-state index in [1.807, 2.05) is 32.0 Å². The molecule has 1 aromatic carbocycles. The fraction of sp³-hybridized carbons (Fsp3) is 0.609. The lowest BCUT2D eigenvalue weighted by Gasteiger charge is -2.33. The number of methoxy groups -OCH3 is 1. The van der Waals surface area contributed by atoms with E-state index in [0.717, 1.165) is 32.1 Å². The van der Waals surface area contributed by atoms with Crippen LogP contribution < -0.4 is 10.9 Å². The van der Waals surface area contributed by atoms with E-state index in [2.05, 4.69) is 5.32 Å². The summed E-state index contributed by atoms with van der Waals surface area (Å²) in [5, 5.41) is 3.82. The van der Waals surface area contributed by atoms with Crippen molar-refractivity contribution < 1.29 is 9.53 Å². The summed E-state index contributed by atoms with van der Waals surface area (Å²) in [6.45, 7) is 5.51. The van der Waals surface area contributed by atoms with E-state index in [1.165, 1.54) is 6.42 Å². The molecule has 1 N–H and O–H groups in total. The molecule has 164 valence electrons. The molecule has 0 aliphatic heterocycles. The number of ether oxygens (including phenoxy) is 1. The summed E-state index contributed by atoms with van der Waals surface area (Å²) >= 11 is 0. The van der Waals surface area contributed by atoms with Crippen molar-refractivity contribution in [3.63, 3.8) is 0 Å². The van der Waals surface area contributed by atoms with Gasteiger partial charge in [0, 0.05) is 32.8 Å². The third-order valence-electron chi connectivity index (χ3n) is 5.99. The first kappa shape index (κ1) is 22.3. The Balaban J connectivity index is 1.92. The molecule has 1 saturated carbocycles. The highest BCUT2D eigenvalue weighted by Gasteiger charge is 2.27. The van der Waals surface area contributed by atoms with Crippen molar-refractivity contribution in [2.45, 2.75) is 71.0 Å². The average molecular weight is 415 g/mol. The summed E-state index contributed by atoms with van der Waals surface area (Å²) in [4.78, 5) is 32.9. The number of para-hydroxylation sites is 1. The fourth-order valence-corrected chi connectivity index (χ4v) is 4.30. The van der Waals surface area contributed by atoms with Crippen LogP contribution in [0.1, 0.15) is 64.2 Å². The van der Waals surface area contributed by atoms with Gasteiger partial charge in [-0.1, -0.05) is 31.4 Å². The molecule has 1 heterocycles. The number of aromatic nitrogens is 2. The second-order valence-electron chi connectivity index (χ2n) is 8.04. The van der Waals surface area contributed by atoms with Crippen LogP contribution in [0.15, 0.2) is 29.1 Å². The van der Waals surface area contributed by atoms with E-state index in [0.29, 0.717) is 36.4 Å². The van der Waals surface area contributed by atoms with Crippen molar-refractivity contribution >= 4 is 16.9 Å². The molecule has 3 rings (SSSR count). The van der Waals surface area contributed by atoms with Crippen molar-refractivity contribution in [3.05, 3.63) is 40.4 Å². The number of urea groups is 1. The Labute approximate surface area is 178 Å². The van der Waals surface area contributed by atoms with E-state index < -0.39 is 0 Å². The molecule has 1 aliphatic rings. The zero-order valence-corrected chi connectivity index (χ0v) is 18.4. The molecule has 30 heavy (non-hydrogen) atoms. The lowest BCUT2D eigenvalue weighted by atomic mass is 9.96. The quantitative estimate of drug-likeness (QED) is 0.666. The first-order valence-electron chi connectivity index (χ1n) is 11.1. The van der Waals surface area contributed by atoms with E-state index in [-0.39, 0.29) is 23.7 Å². The van der Waals surface area contributed by atoms with Gasteiger partial charge in [-0.3, -0.25) is 9.36 Å². The normalized spacial score (nSPS) is 15.8. The van der Waals surface area contributed by atoms with Gasteiger partial charge in [0.05, 0.1) is 16.9 Å². The maximum atomic E-state index is 13.2. The number of hydrogen-bond acceptors (Lipinski definition) is 4. The molecule has 1 aliphatic carbocycles. The molecule has 0 bridgehead atoms. The SMILES string of the molecule is CCn1c(C(C)N(CCCOC)C(=O)NC2CCCCC2)nc2ccccc2c1=O. The van der Waals surface area contributed by atoms with Crippen LogP contribution in [0.3, 0.4) is 0 Å². The number of carbonyl (C=O) groups excluding carboxylic acids is 1. The van der Waals surface area contributed by atoms with E-state index in [4.69, 9.17) is 9.72 Å². The van der Waals surface area contributed by atoms with Gasteiger partial charge in [-0.2, -0.15) is 0 Å². The minimum atomic E-state index is -0.331. The summed E-state index contributed by atoms with van der Waals surface area (Å²) in [6.07, 6.45) is 6.34. The first-order chi connectivity index (χ1) is 14.6. The van der Waals surface area contributed by atoms with Crippen LogP contribution in [0.4, 0.5) is 4.79 Å². The van der Waals surface area contributed by atoms with E-state index >= 15 is 0 Å². The molecule has 7 heteroatoms. The highest BCUT2D eigenvalue weighted by molar-refractivity contribution is 5.78. The Bertz CT molecular complexity index is 905. The number of rotatable bonds is 8. The molecular weight excluding hydrogens is 380 g/mol. The van der Waals surface area contributed by atoms with Crippen LogP contribution >= 0.6 is 0 Å². The molecule has 1 unspecified atom stereocenters. The van der Waals surface area contributed by atoms with Crippen molar-refractivity contribution in [1.82, 2.24) is 19.8 Å². The Hall–Kier alpha value is -2.41. The Kier molecular flexibility index (Phi) is 7.85. The molecule has 1 atom stereocenters. The van der Waals surface area contributed by atoms with Crippen LogP contribution in [0, 0.1) is 0 Å². The third kappa shape index (κ3) is 5.01. The van der Waals surface area contributed by atoms with Gasteiger partial charge in [0.1, 0.15) is 5.82 Å². The summed E-state index contributed by atoms with van der Waals surface area (Å²) in [5.74, 6) is 0.623. The molecule has 0 radical (unpaired) electrons. The van der Waals surface area contributed by atoms with Crippen LogP contribution in [-0.2, 0) is 11.3 Å². The standard InChI is InChI=1S/C23H34N4O3/c1-4-26-21(25-20-14-9-8-13-19(20)22(26)28)17(2)27(15-10-16-30-3)23(29)24-18-11-6-5-7-12-18/h8-9,13-14,17-18H,4-7,10-12,15-16H2,1-3H3,(H,24,29). The van der Waals surface area contributed by atoms with Crippen molar-refractivity contribution in [3.8, 4) is 0 Å². The van der Waals surface area contributed by atoms with Gasteiger partial charge in [-0.25, -0.2) is 9.78 Å². The number of fused-ring (bicyclic) bond motifs is 1. The zero-order chi connectivity index (χ0) is 21.5. The lowest BCUT2D eigenvalue weighted by molar-refractivity contribution is 0.147. The maximum absolute atomic E-state index is 13.2. The molecule has 0 spiro atoms. The number of benzene rings is 1. The van der Waals surface area contributed by atoms with Gasteiger partial charge < -0.3 is 15.0 Å². The third-order valence-corrected chi connectivity index (χ3v) is 5.99. The molecule has 2 aromatic rings. The minimum absolute atomic E-state index is 0.0607. The largest absolute Gasteiger partial charge is 0.385 e. The summed E-state index contributed by atoms with van der Waals surface area (Å²) in [5.41, 5.74) is 0.605. The topological polar surface area (TPSA) is 76.5 Å². The Morgan fingerprint density at radius 3 is 2.73 bits per heavy atom. The van der Waals surface area contributed by atoms with E-state index in [1.54, 1.807) is 22.6 Å². The predicted molar refractivity (Wildman–Crippen MR) is 119 cm³/mol. The highest BCUT2D eigenvalue weighted by Crippen LogP contribution is 2.22. The number of hydrogen-bond donors (Lipinski definition) is 1. The van der Waals surface area contributed by atoms with Crippen LogP contribution in [-0.4, -0.2) is 46.8 Å².